The average molecular weight is 257 g/mol. The largest absolute Gasteiger partial charge is 0.508 e. The van der Waals surface area contributed by atoms with Gasteiger partial charge in [-0.25, -0.2) is 0 Å². The van der Waals surface area contributed by atoms with E-state index in [1.807, 2.05) is 12.2 Å². The van der Waals surface area contributed by atoms with Gasteiger partial charge in [0.2, 0.25) is 11.8 Å². The van der Waals surface area contributed by atoms with Gasteiger partial charge in [0.25, 0.3) is 0 Å². The first-order valence-corrected chi connectivity index (χ1v) is 6.45. The van der Waals surface area contributed by atoms with Crippen LogP contribution in [0.1, 0.15) is 18.4 Å². The van der Waals surface area contributed by atoms with Crippen LogP contribution >= 0.6 is 0 Å². The highest BCUT2D eigenvalue weighted by molar-refractivity contribution is 6.05. The van der Waals surface area contributed by atoms with Crippen LogP contribution in [0.2, 0.25) is 0 Å². The first-order chi connectivity index (χ1) is 9.16. The fraction of sp³-hybridized carbons (Fsp3) is 0.333. The van der Waals surface area contributed by atoms with Crippen molar-refractivity contribution in [3.8, 4) is 5.75 Å². The predicted molar refractivity (Wildman–Crippen MR) is 69.0 cm³/mol. The topological polar surface area (TPSA) is 57.6 Å². The van der Waals surface area contributed by atoms with Crippen molar-refractivity contribution in [3.05, 3.63) is 42.0 Å². The van der Waals surface area contributed by atoms with Crippen molar-refractivity contribution in [1.29, 1.82) is 0 Å². The van der Waals surface area contributed by atoms with Crippen LogP contribution < -0.4 is 0 Å². The first-order valence-electron chi connectivity index (χ1n) is 6.45. The van der Waals surface area contributed by atoms with Crippen molar-refractivity contribution in [1.82, 2.24) is 4.90 Å². The van der Waals surface area contributed by atoms with E-state index in [2.05, 4.69) is 0 Å². The molecule has 0 saturated carbocycles. The molecule has 1 heterocycles. The van der Waals surface area contributed by atoms with E-state index in [0.29, 0.717) is 12.8 Å². The zero-order chi connectivity index (χ0) is 13.4. The molecule has 2 unspecified atom stereocenters. The lowest BCUT2D eigenvalue weighted by Crippen LogP contribution is -2.30. The van der Waals surface area contributed by atoms with Crippen molar-refractivity contribution >= 4 is 11.8 Å². The maximum absolute atomic E-state index is 12.2. The molecule has 2 aliphatic rings. The fourth-order valence-corrected chi connectivity index (χ4v) is 2.86. The molecule has 19 heavy (non-hydrogen) atoms. The van der Waals surface area contributed by atoms with Crippen LogP contribution in [0, 0.1) is 11.8 Å². The SMILES string of the molecule is O=C1C2CC=CCC2C(=O)N1Cc1cccc(O)c1. The third kappa shape index (κ3) is 2.03. The van der Waals surface area contributed by atoms with Gasteiger partial charge in [0, 0.05) is 0 Å². The van der Waals surface area contributed by atoms with E-state index in [-0.39, 0.29) is 35.9 Å². The van der Waals surface area contributed by atoms with E-state index in [4.69, 9.17) is 0 Å². The van der Waals surface area contributed by atoms with Crippen LogP contribution in [0.5, 0.6) is 5.75 Å². The van der Waals surface area contributed by atoms with E-state index < -0.39 is 0 Å². The number of hydrogen-bond acceptors (Lipinski definition) is 3. The van der Waals surface area contributed by atoms with Crippen molar-refractivity contribution in [2.24, 2.45) is 11.8 Å². The molecule has 98 valence electrons. The standard InChI is InChI=1S/C15H15NO3/c17-11-5-3-4-10(8-11)9-16-14(18)12-6-1-2-7-13(12)15(16)19/h1-5,8,12-13,17H,6-7,9H2. The Hall–Kier alpha value is -2.10. The number of aromatic hydroxyl groups is 1. The highest BCUT2D eigenvalue weighted by atomic mass is 16.3. The number of phenolic OH excluding ortho intramolecular Hbond substituents is 1. The molecule has 2 atom stereocenters. The molecule has 1 aromatic carbocycles. The normalized spacial score (nSPS) is 25.8. The summed E-state index contributed by atoms with van der Waals surface area (Å²) < 4.78 is 0. The smallest absolute Gasteiger partial charge is 0.233 e. The Balaban J connectivity index is 1.82. The van der Waals surface area contributed by atoms with E-state index >= 15 is 0 Å². The molecule has 1 aliphatic heterocycles. The third-order valence-corrected chi connectivity index (χ3v) is 3.85. The summed E-state index contributed by atoms with van der Waals surface area (Å²) in [6.45, 7) is 0.249. The summed E-state index contributed by atoms with van der Waals surface area (Å²) in [5, 5.41) is 9.43. The van der Waals surface area contributed by atoms with Gasteiger partial charge >= 0.3 is 0 Å². The van der Waals surface area contributed by atoms with Crippen LogP contribution in [0.4, 0.5) is 0 Å². The number of carbonyl (C=O) groups excluding carboxylic acids is 2. The molecule has 1 saturated heterocycles. The molecular formula is C15H15NO3. The third-order valence-electron chi connectivity index (χ3n) is 3.85. The molecule has 4 nitrogen and oxygen atoms in total. The van der Waals surface area contributed by atoms with Gasteiger partial charge in [-0.05, 0) is 30.5 Å². The highest BCUT2D eigenvalue weighted by Gasteiger charge is 2.46. The summed E-state index contributed by atoms with van der Waals surface area (Å²) in [7, 11) is 0. The summed E-state index contributed by atoms with van der Waals surface area (Å²) >= 11 is 0. The van der Waals surface area contributed by atoms with Crippen LogP contribution in [0.15, 0.2) is 36.4 Å². The van der Waals surface area contributed by atoms with Gasteiger partial charge < -0.3 is 5.11 Å². The van der Waals surface area contributed by atoms with Gasteiger partial charge in [0.15, 0.2) is 0 Å². The number of carbonyl (C=O) groups is 2. The predicted octanol–water partition coefficient (Wildman–Crippen LogP) is 1.84. The van der Waals surface area contributed by atoms with E-state index in [9.17, 15) is 14.7 Å². The number of fused-ring (bicyclic) bond motifs is 1. The van der Waals surface area contributed by atoms with Crippen molar-refractivity contribution in [2.45, 2.75) is 19.4 Å². The number of benzene rings is 1. The fourth-order valence-electron chi connectivity index (χ4n) is 2.86. The average Bonchev–Trinajstić information content (AvgIpc) is 2.65. The number of hydrogen-bond donors (Lipinski definition) is 1. The number of allylic oxidation sites excluding steroid dienone is 2. The number of nitrogens with zero attached hydrogens (tertiary/aromatic N) is 1. The van der Waals surface area contributed by atoms with Crippen LogP contribution in [0.3, 0.4) is 0 Å². The second kappa shape index (κ2) is 4.53. The number of amides is 2. The summed E-state index contributed by atoms with van der Waals surface area (Å²) in [6, 6.07) is 6.67. The molecule has 0 bridgehead atoms. The summed E-state index contributed by atoms with van der Waals surface area (Å²) in [6.07, 6.45) is 5.27. The second-order valence-electron chi connectivity index (χ2n) is 5.09. The molecular weight excluding hydrogens is 242 g/mol. The number of imide groups is 1. The minimum atomic E-state index is -0.185. The molecule has 0 radical (unpaired) electrons. The molecule has 0 aromatic heterocycles. The lowest BCUT2D eigenvalue weighted by atomic mass is 9.85. The van der Waals surface area contributed by atoms with Crippen LogP contribution in [0.25, 0.3) is 0 Å². The molecule has 4 heteroatoms. The van der Waals surface area contributed by atoms with Gasteiger partial charge in [0.1, 0.15) is 5.75 Å². The first kappa shape index (κ1) is 12.0. The zero-order valence-corrected chi connectivity index (χ0v) is 10.5. The number of rotatable bonds is 2. The molecule has 3 rings (SSSR count). The number of phenols is 1. The molecule has 1 fully saturated rings. The van der Waals surface area contributed by atoms with E-state index in [0.717, 1.165) is 5.56 Å². The van der Waals surface area contributed by atoms with Crippen LogP contribution in [-0.4, -0.2) is 21.8 Å². The van der Waals surface area contributed by atoms with Gasteiger partial charge in [-0.15, -0.1) is 0 Å². The molecule has 1 N–H and O–H groups in total. The molecule has 2 amide bonds. The Morgan fingerprint density at radius 3 is 2.32 bits per heavy atom. The Bertz CT molecular complexity index is 538. The van der Waals surface area contributed by atoms with Gasteiger partial charge in [-0.2, -0.15) is 0 Å². The lowest BCUT2D eigenvalue weighted by molar-refractivity contribution is -0.140. The Labute approximate surface area is 111 Å². The Morgan fingerprint density at radius 2 is 1.74 bits per heavy atom. The summed E-state index contributed by atoms with van der Waals surface area (Å²) in [4.78, 5) is 25.8. The summed E-state index contributed by atoms with van der Waals surface area (Å²) in [5.74, 6) is -0.384. The summed E-state index contributed by atoms with van der Waals surface area (Å²) in [5.41, 5.74) is 0.772. The Morgan fingerprint density at radius 1 is 1.11 bits per heavy atom. The quantitative estimate of drug-likeness (QED) is 0.649. The minimum Gasteiger partial charge on any atom is -0.508 e. The monoisotopic (exact) mass is 257 g/mol. The van der Waals surface area contributed by atoms with E-state index in [1.165, 1.54) is 4.90 Å². The number of likely N-dealkylation sites (tertiary alicyclic amines) is 1. The minimum absolute atomic E-state index is 0.0808. The maximum Gasteiger partial charge on any atom is 0.233 e. The highest BCUT2D eigenvalue weighted by Crippen LogP contribution is 2.35. The van der Waals surface area contributed by atoms with Crippen LogP contribution in [-0.2, 0) is 16.1 Å². The molecule has 1 aromatic rings. The van der Waals surface area contributed by atoms with Gasteiger partial charge in [-0.1, -0.05) is 24.3 Å². The molecule has 0 spiro atoms. The Kier molecular flexibility index (Phi) is 2.85. The van der Waals surface area contributed by atoms with Crippen molar-refractivity contribution < 1.29 is 14.7 Å². The van der Waals surface area contributed by atoms with Crippen molar-refractivity contribution in [2.75, 3.05) is 0 Å². The second-order valence-corrected chi connectivity index (χ2v) is 5.09. The zero-order valence-electron chi connectivity index (χ0n) is 10.5. The van der Waals surface area contributed by atoms with Gasteiger partial charge in [0.05, 0.1) is 18.4 Å². The van der Waals surface area contributed by atoms with Crippen molar-refractivity contribution in [3.63, 3.8) is 0 Å². The molecule has 1 aliphatic carbocycles. The lowest BCUT2D eigenvalue weighted by Gasteiger charge is -2.14. The maximum atomic E-state index is 12.2. The van der Waals surface area contributed by atoms with E-state index in [1.54, 1.807) is 24.3 Å². The van der Waals surface area contributed by atoms with Gasteiger partial charge in [-0.3, -0.25) is 14.5 Å².